The number of carbonyl (C=O) groups excluding carboxylic acids is 1. The fourth-order valence-corrected chi connectivity index (χ4v) is 3.89. The first-order valence-corrected chi connectivity index (χ1v) is 8.87. The summed E-state index contributed by atoms with van der Waals surface area (Å²) in [5.74, 6) is -0.331. The average molecular weight is 354 g/mol. The topological polar surface area (TPSA) is 51.3 Å². The number of hydrogen-bond donors (Lipinski definition) is 1. The Hall–Kier alpha value is -2.30. The molecular formula is C20H20ClN3O. The van der Waals surface area contributed by atoms with Gasteiger partial charge in [-0.15, -0.1) is 0 Å². The summed E-state index contributed by atoms with van der Waals surface area (Å²) >= 11 is 6.06. The fraction of sp³-hybridized carbons (Fsp3) is 0.250. The van der Waals surface area contributed by atoms with Crippen molar-refractivity contribution in [2.45, 2.75) is 19.5 Å². The molecule has 1 aromatic heterocycles. The van der Waals surface area contributed by atoms with Gasteiger partial charge in [0.25, 0.3) is 0 Å². The van der Waals surface area contributed by atoms with Gasteiger partial charge in [-0.25, -0.2) is 0 Å². The summed E-state index contributed by atoms with van der Waals surface area (Å²) in [6.45, 7) is 3.70. The fourth-order valence-electron chi connectivity index (χ4n) is 3.70. The van der Waals surface area contributed by atoms with E-state index in [1.807, 2.05) is 24.3 Å². The molecule has 2 aromatic carbocycles. The number of benzene rings is 2. The molecule has 3 aromatic rings. The van der Waals surface area contributed by atoms with E-state index >= 15 is 0 Å². The summed E-state index contributed by atoms with van der Waals surface area (Å²) in [6.07, 6.45) is 2.99. The summed E-state index contributed by atoms with van der Waals surface area (Å²) in [7, 11) is 0. The van der Waals surface area contributed by atoms with Crippen molar-refractivity contribution in [1.82, 2.24) is 9.47 Å². The third-order valence-corrected chi connectivity index (χ3v) is 5.24. The van der Waals surface area contributed by atoms with E-state index in [1.54, 1.807) is 0 Å². The van der Waals surface area contributed by atoms with Crippen molar-refractivity contribution in [1.29, 1.82) is 0 Å². The van der Waals surface area contributed by atoms with Gasteiger partial charge in [0.1, 0.15) is 0 Å². The van der Waals surface area contributed by atoms with Crippen LogP contribution in [0.5, 0.6) is 0 Å². The number of amides is 1. The van der Waals surface area contributed by atoms with Gasteiger partial charge in [-0.1, -0.05) is 23.7 Å². The van der Waals surface area contributed by atoms with Crippen LogP contribution < -0.4 is 5.73 Å². The molecule has 1 aliphatic rings. The van der Waals surface area contributed by atoms with Crippen LogP contribution in [0.2, 0.25) is 5.02 Å². The second-order valence-corrected chi connectivity index (χ2v) is 6.98. The Morgan fingerprint density at radius 3 is 2.88 bits per heavy atom. The molecule has 5 heteroatoms. The lowest BCUT2D eigenvalue weighted by molar-refractivity contribution is 0.0998. The highest BCUT2D eigenvalue weighted by atomic mass is 35.5. The van der Waals surface area contributed by atoms with Crippen LogP contribution in [0, 0.1) is 0 Å². The maximum Gasteiger partial charge on any atom is 0.248 e. The van der Waals surface area contributed by atoms with Crippen LogP contribution in [-0.4, -0.2) is 28.5 Å². The molecule has 1 aliphatic heterocycles. The maximum absolute atomic E-state index is 11.6. The Kier molecular flexibility index (Phi) is 4.24. The van der Waals surface area contributed by atoms with E-state index in [1.165, 1.54) is 16.5 Å². The normalized spacial score (nSPS) is 14.6. The molecule has 128 valence electrons. The molecule has 0 saturated carbocycles. The molecule has 2 N–H and O–H groups in total. The number of nitrogens with zero attached hydrogens (tertiary/aromatic N) is 2. The molecule has 1 amide bonds. The molecule has 0 spiro atoms. The van der Waals surface area contributed by atoms with E-state index in [2.05, 4.69) is 33.9 Å². The SMILES string of the molecule is NC(=O)c1cccc2c1CCN(CCn1ccc3cc(Cl)ccc31)C2. The van der Waals surface area contributed by atoms with E-state index in [0.29, 0.717) is 5.56 Å². The van der Waals surface area contributed by atoms with Gasteiger partial charge in [0.05, 0.1) is 0 Å². The Bertz CT molecular complexity index is 947. The number of primary amides is 1. The molecule has 0 aliphatic carbocycles. The van der Waals surface area contributed by atoms with E-state index in [0.717, 1.165) is 43.2 Å². The molecule has 25 heavy (non-hydrogen) atoms. The third-order valence-electron chi connectivity index (χ3n) is 5.00. The standard InChI is InChI=1S/C20H20ClN3O/c21-16-4-5-19-14(12-16)6-9-24(19)11-10-23-8-7-17-15(13-23)2-1-3-18(17)20(22)25/h1-6,9,12H,7-8,10-11,13H2,(H2,22,25). The highest BCUT2D eigenvalue weighted by molar-refractivity contribution is 6.31. The quantitative estimate of drug-likeness (QED) is 0.781. The monoisotopic (exact) mass is 353 g/mol. The summed E-state index contributed by atoms with van der Waals surface area (Å²) < 4.78 is 2.26. The second-order valence-electron chi connectivity index (χ2n) is 6.55. The van der Waals surface area contributed by atoms with Crippen molar-refractivity contribution in [2.24, 2.45) is 5.73 Å². The van der Waals surface area contributed by atoms with Gasteiger partial charge in [-0.2, -0.15) is 0 Å². The van der Waals surface area contributed by atoms with Crippen LogP contribution in [0.25, 0.3) is 10.9 Å². The first kappa shape index (κ1) is 16.2. The molecule has 4 rings (SSSR count). The molecular weight excluding hydrogens is 334 g/mol. The smallest absolute Gasteiger partial charge is 0.248 e. The predicted molar refractivity (Wildman–Crippen MR) is 101 cm³/mol. The highest BCUT2D eigenvalue weighted by Crippen LogP contribution is 2.23. The van der Waals surface area contributed by atoms with Crippen molar-refractivity contribution in [3.05, 3.63) is 70.4 Å². The lowest BCUT2D eigenvalue weighted by atomic mass is 9.94. The molecule has 0 atom stereocenters. The van der Waals surface area contributed by atoms with E-state index in [4.69, 9.17) is 17.3 Å². The average Bonchev–Trinajstić information content (AvgIpc) is 3.01. The first-order chi connectivity index (χ1) is 12.1. The summed E-state index contributed by atoms with van der Waals surface area (Å²) in [5, 5.41) is 1.94. The minimum atomic E-state index is -0.331. The molecule has 2 heterocycles. The summed E-state index contributed by atoms with van der Waals surface area (Å²) in [4.78, 5) is 14.0. The number of halogens is 1. The number of fused-ring (bicyclic) bond motifs is 2. The number of rotatable bonds is 4. The van der Waals surface area contributed by atoms with E-state index in [9.17, 15) is 4.79 Å². The highest BCUT2D eigenvalue weighted by Gasteiger charge is 2.20. The van der Waals surface area contributed by atoms with Crippen LogP contribution in [0.1, 0.15) is 21.5 Å². The Morgan fingerprint density at radius 1 is 1.16 bits per heavy atom. The van der Waals surface area contributed by atoms with Crippen LogP contribution >= 0.6 is 11.6 Å². The van der Waals surface area contributed by atoms with Gasteiger partial charge in [-0.3, -0.25) is 9.69 Å². The number of nitrogens with two attached hydrogens (primary N) is 1. The van der Waals surface area contributed by atoms with Gasteiger partial charge >= 0.3 is 0 Å². The van der Waals surface area contributed by atoms with Crippen LogP contribution in [0.15, 0.2) is 48.7 Å². The predicted octanol–water partition coefficient (Wildman–Crippen LogP) is 3.45. The molecule has 0 saturated heterocycles. The minimum Gasteiger partial charge on any atom is -0.366 e. The van der Waals surface area contributed by atoms with Gasteiger partial charge in [-0.05, 0) is 47.9 Å². The zero-order valence-electron chi connectivity index (χ0n) is 13.9. The first-order valence-electron chi connectivity index (χ1n) is 8.49. The number of aromatic nitrogens is 1. The molecule has 0 bridgehead atoms. The number of hydrogen-bond acceptors (Lipinski definition) is 2. The van der Waals surface area contributed by atoms with Crippen LogP contribution in [0.4, 0.5) is 0 Å². The van der Waals surface area contributed by atoms with Crippen LogP contribution in [-0.2, 0) is 19.5 Å². The molecule has 0 radical (unpaired) electrons. The Morgan fingerprint density at radius 2 is 2.04 bits per heavy atom. The van der Waals surface area contributed by atoms with Gasteiger partial charge in [0.2, 0.25) is 5.91 Å². The minimum absolute atomic E-state index is 0.331. The third kappa shape index (κ3) is 3.15. The van der Waals surface area contributed by atoms with Crippen molar-refractivity contribution in [2.75, 3.05) is 13.1 Å². The van der Waals surface area contributed by atoms with Crippen LogP contribution in [0.3, 0.4) is 0 Å². The van der Waals surface area contributed by atoms with Crippen molar-refractivity contribution in [3.8, 4) is 0 Å². The number of carbonyl (C=O) groups is 1. The molecule has 0 fully saturated rings. The zero-order valence-corrected chi connectivity index (χ0v) is 14.7. The van der Waals surface area contributed by atoms with Gasteiger partial charge in [0, 0.05) is 53.9 Å². The van der Waals surface area contributed by atoms with Gasteiger partial charge < -0.3 is 10.3 Å². The second kappa shape index (κ2) is 6.54. The Balaban J connectivity index is 1.48. The Labute approximate surface area is 151 Å². The van der Waals surface area contributed by atoms with Crippen molar-refractivity contribution in [3.63, 3.8) is 0 Å². The van der Waals surface area contributed by atoms with Crippen molar-refractivity contribution < 1.29 is 4.79 Å². The van der Waals surface area contributed by atoms with E-state index < -0.39 is 0 Å². The van der Waals surface area contributed by atoms with E-state index in [-0.39, 0.29) is 5.91 Å². The maximum atomic E-state index is 11.6. The summed E-state index contributed by atoms with van der Waals surface area (Å²) in [6, 6.07) is 14.0. The van der Waals surface area contributed by atoms with Crippen molar-refractivity contribution >= 4 is 28.4 Å². The molecule has 0 unspecified atom stereocenters. The zero-order chi connectivity index (χ0) is 17.4. The lowest BCUT2D eigenvalue weighted by Gasteiger charge is -2.29. The molecule has 4 nitrogen and oxygen atoms in total. The van der Waals surface area contributed by atoms with Gasteiger partial charge in [0.15, 0.2) is 0 Å². The largest absolute Gasteiger partial charge is 0.366 e. The lowest BCUT2D eigenvalue weighted by Crippen LogP contribution is -2.34. The summed E-state index contributed by atoms with van der Waals surface area (Å²) in [5.41, 5.74) is 9.70.